The van der Waals surface area contributed by atoms with E-state index in [1.165, 1.54) is 11.5 Å². The molecule has 0 aliphatic heterocycles. The molecule has 0 amide bonds. The minimum Gasteiger partial charge on any atom is -0.385 e. The molecule has 2 atom stereocenters. The van der Waals surface area contributed by atoms with Gasteiger partial charge in [0, 0.05) is 10.9 Å². The van der Waals surface area contributed by atoms with Crippen LogP contribution in [0.15, 0.2) is 0 Å². The molecule has 0 radical (unpaired) electrons. The van der Waals surface area contributed by atoms with Crippen LogP contribution in [0.3, 0.4) is 0 Å². The van der Waals surface area contributed by atoms with Crippen molar-refractivity contribution in [1.82, 2.24) is 4.37 Å². The third kappa shape index (κ3) is 1.65. The second-order valence-corrected chi connectivity index (χ2v) is 4.03. The second-order valence-electron chi connectivity index (χ2n) is 3.05. The average molecular weight is 186 g/mol. The van der Waals surface area contributed by atoms with Crippen molar-refractivity contribution in [3.05, 3.63) is 16.1 Å². The van der Waals surface area contributed by atoms with Crippen LogP contribution in [0.25, 0.3) is 0 Å². The van der Waals surface area contributed by atoms with E-state index in [4.69, 9.17) is 5.73 Å². The molecule has 0 saturated carbocycles. The standard InChI is InChI=1S/C8H14N2OS/c1-4-6(3)12-10-7(4)8(11)5(2)9/h5,8,11H,9H2,1-3H3. The number of hydrogen-bond donors (Lipinski definition) is 2. The molecule has 68 valence electrons. The number of nitrogens with two attached hydrogens (primary N) is 1. The highest BCUT2D eigenvalue weighted by atomic mass is 32.1. The van der Waals surface area contributed by atoms with Crippen molar-refractivity contribution in [3.63, 3.8) is 0 Å². The summed E-state index contributed by atoms with van der Waals surface area (Å²) in [6.07, 6.45) is -0.630. The maximum atomic E-state index is 9.61. The number of hydrogen-bond acceptors (Lipinski definition) is 4. The number of aliphatic hydroxyl groups is 1. The average Bonchev–Trinajstić information content (AvgIpc) is 2.32. The first-order chi connectivity index (χ1) is 5.54. The predicted molar refractivity (Wildman–Crippen MR) is 50.2 cm³/mol. The van der Waals surface area contributed by atoms with E-state index in [-0.39, 0.29) is 6.04 Å². The lowest BCUT2D eigenvalue weighted by atomic mass is 10.1. The fourth-order valence-corrected chi connectivity index (χ4v) is 1.68. The van der Waals surface area contributed by atoms with Gasteiger partial charge in [0.2, 0.25) is 0 Å². The topological polar surface area (TPSA) is 59.1 Å². The van der Waals surface area contributed by atoms with Crippen LogP contribution in [0, 0.1) is 13.8 Å². The predicted octanol–water partition coefficient (Wildman–Crippen LogP) is 1.14. The summed E-state index contributed by atoms with van der Waals surface area (Å²) in [4.78, 5) is 1.14. The fraction of sp³-hybridized carbons (Fsp3) is 0.625. The van der Waals surface area contributed by atoms with E-state index < -0.39 is 6.10 Å². The highest BCUT2D eigenvalue weighted by molar-refractivity contribution is 7.05. The monoisotopic (exact) mass is 186 g/mol. The van der Waals surface area contributed by atoms with Crippen molar-refractivity contribution in [1.29, 1.82) is 0 Å². The van der Waals surface area contributed by atoms with Gasteiger partial charge >= 0.3 is 0 Å². The van der Waals surface area contributed by atoms with E-state index in [1.807, 2.05) is 13.8 Å². The van der Waals surface area contributed by atoms with Gasteiger partial charge in [-0.15, -0.1) is 0 Å². The molecule has 0 fully saturated rings. The summed E-state index contributed by atoms with van der Waals surface area (Å²) in [6, 6.07) is -0.259. The third-order valence-electron chi connectivity index (χ3n) is 1.97. The van der Waals surface area contributed by atoms with Crippen molar-refractivity contribution < 1.29 is 5.11 Å². The van der Waals surface area contributed by atoms with Crippen LogP contribution in [0.2, 0.25) is 0 Å². The van der Waals surface area contributed by atoms with Crippen molar-refractivity contribution in [2.75, 3.05) is 0 Å². The molecule has 3 nitrogen and oxygen atoms in total. The van der Waals surface area contributed by atoms with Gasteiger partial charge in [0.15, 0.2) is 0 Å². The quantitative estimate of drug-likeness (QED) is 0.728. The zero-order chi connectivity index (χ0) is 9.30. The Morgan fingerprint density at radius 3 is 2.42 bits per heavy atom. The van der Waals surface area contributed by atoms with Crippen molar-refractivity contribution in [2.24, 2.45) is 5.73 Å². The first-order valence-electron chi connectivity index (χ1n) is 3.90. The number of nitrogens with zero attached hydrogens (tertiary/aromatic N) is 1. The molecule has 1 rings (SSSR count). The Morgan fingerprint density at radius 1 is 1.50 bits per heavy atom. The Kier molecular flexibility index (Phi) is 2.82. The van der Waals surface area contributed by atoms with Gasteiger partial charge in [-0.05, 0) is 37.9 Å². The van der Waals surface area contributed by atoms with Gasteiger partial charge in [0.05, 0.1) is 5.69 Å². The van der Waals surface area contributed by atoms with E-state index in [0.717, 1.165) is 16.1 Å². The lowest BCUT2D eigenvalue weighted by molar-refractivity contribution is 0.149. The van der Waals surface area contributed by atoms with Crippen LogP contribution in [-0.2, 0) is 0 Å². The molecule has 1 aromatic heterocycles. The van der Waals surface area contributed by atoms with Gasteiger partial charge in [0.25, 0.3) is 0 Å². The highest BCUT2D eigenvalue weighted by Crippen LogP contribution is 2.23. The van der Waals surface area contributed by atoms with Crippen LogP contribution >= 0.6 is 11.5 Å². The Hall–Kier alpha value is -0.450. The van der Waals surface area contributed by atoms with Gasteiger partial charge in [0.1, 0.15) is 6.10 Å². The Balaban J connectivity index is 2.95. The van der Waals surface area contributed by atoms with E-state index in [9.17, 15) is 5.11 Å². The van der Waals surface area contributed by atoms with Gasteiger partial charge in [-0.25, -0.2) is 0 Å². The molecule has 1 aromatic rings. The molecule has 0 bridgehead atoms. The molecule has 2 unspecified atom stereocenters. The smallest absolute Gasteiger partial charge is 0.112 e. The Bertz CT molecular complexity index is 270. The molecule has 12 heavy (non-hydrogen) atoms. The lowest BCUT2D eigenvalue weighted by Crippen LogP contribution is -2.25. The first-order valence-corrected chi connectivity index (χ1v) is 4.67. The number of aliphatic hydroxyl groups excluding tert-OH is 1. The van der Waals surface area contributed by atoms with E-state index in [0.29, 0.717) is 0 Å². The number of aryl methyl sites for hydroxylation is 1. The summed E-state index contributed by atoms with van der Waals surface area (Å²) in [5, 5.41) is 9.61. The fourth-order valence-electron chi connectivity index (χ4n) is 0.960. The van der Waals surface area contributed by atoms with Crippen LogP contribution in [-0.4, -0.2) is 15.5 Å². The summed E-state index contributed by atoms with van der Waals surface area (Å²) >= 11 is 1.41. The Morgan fingerprint density at radius 2 is 2.08 bits per heavy atom. The molecular weight excluding hydrogens is 172 g/mol. The second kappa shape index (κ2) is 3.51. The van der Waals surface area contributed by atoms with Crippen LogP contribution in [0.5, 0.6) is 0 Å². The molecule has 0 saturated heterocycles. The molecule has 0 aliphatic rings. The normalized spacial score (nSPS) is 16.1. The zero-order valence-electron chi connectivity index (χ0n) is 7.53. The van der Waals surface area contributed by atoms with E-state index in [2.05, 4.69) is 4.37 Å². The van der Waals surface area contributed by atoms with Crippen molar-refractivity contribution >= 4 is 11.5 Å². The molecule has 3 N–H and O–H groups in total. The summed E-state index contributed by atoms with van der Waals surface area (Å²) in [5.41, 5.74) is 7.35. The minimum atomic E-state index is -0.630. The maximum absolute atomic E-state index is 9.61. The summed E-state index contributed by atoms with van der Waals surface area (Å²) in [6.45, 7) is 5.73. The molecule has 4 heteroatoms. The van der Waals surface area contributed by atoms with Crippen molar-refractivity contribution in [3.8, 4) is 0 Å². The van der Waals surface area contributed by atoms with Crippen LogP contribution in [0.4, 0.5) is 0 Å². The van der Waals surface area contributed by atoms with Gasteiger partial charge in [-0.3, -0.25) is 0 Å². The summed E-state index contributed by atoms with van der Waals surface area (Å²) < 4.78 is 4.15. The molecule has 1 heterocycles. The first kappa shape index (κ1) is 9.64. The minimum absolute atomic E-state index is 0.259. The molecule has 0 aliphatic carbocycles. The van der Waals surface area contributed by atoms with E-state index in [1.54, 1.807) is 6.92 Å². The van der Waals surface area contributed by atoms with Gasteiger partial charge < -0.3 is 10.8 Å². The largest absolute Gasteiger partial charge is 0.385 e. The van der Waals surface area contributed by atoms with Gasteiger partial charge in [-0.1, -0.05) is 0 Å². The summed E-state index contributed by atoms with van der Waals surface area (Å²) in [7, 11) is 0. The van der Waals surface area contributed by atoms with E-state index >= 15 is 0 Å². The number of rotatable bonds is 2. The maximum Gasteiger partial charge on any atom is 0.112 e. The summed E-state index contributed by atoms with van der Waals surface area (Å²) in [5.74, 6) is 0. The van der Waals surface area contributed by atoms with Crippen LogP contribution < -0.4 is 5.73 Å². The molecule has 0 aromatic carbocycles. The third-order valence-corrected chi connectivity index (χ3v) is 2.84. The van der Waals surface area contributed by atoms with Gasteiger partial charge in [-0.2, -0.15) is 4.37 Å². The lowest BCUT2D eigenvalue weighted by Gasteiger charge is -2.12. The Labute approximate surface area is 76.4 Å². The molecular formula is C8H14N2OS. The molecule has 0 spiro atoms. The van der Waals surface area contributed by atoms with Crippen molar-refractivity contribution in [2.45, 2.75) is 32.9 Å². The SMILES string of the molecule is Cc1snc(C(O)C(C)N)c1C. The van der Waals surface area contributed by atoms with Crippen LogP contribution in [0.1, 0.15) is 29.2 Å². The zero-order valence-corrected chi connectivity index (χ0v) is 8.35. The highest BCUT2D eigenvalue weighted by Gasteiger charge is 2.18. The number of aromatic nitrogens is 1.